The minimum absolute atomic E-state index is 0.0451. The van der Waals surface area contributed by atoms with Gasteiger partial charge in [-0.15, -0.1) is 11.6 Å². The van der Waals surface area contributed by atoms with Crippen LogP contribution >= 0.6 is 11.6 Å². The zero-order valence-electron chi connectivity index (χ0n) is 19.4. The number of Topliss-reactive ketones (excluding diaryl/α,β-unsaturated/α-hetero) is 1. The maximum atomic E-state index is 12.3. The Labute approximate surface area is 193 Å². The molecule has 4 heteroatoms. The van der Waals surface area contributed by atoms with Crippen molar-refractivity contribution in [1.29, 1.82) is 0 Å². The molecule has 172 valence electrons. The Morgan fingerprint density at radius 3 is 2.48 bits per heavy atom. The molecule has 31 heavy (non-hydrogen) atoms. The van der Waals surface area contributed by atoms with Gasteiger partial charge in [0.15, 0.2) is 5.78 Å². The second kappa shape index (κ2) is 13.7. The molecule has 1 aromatic carbocycles. The van der Waals surface area contributed by atoms with E-state index in [1.807, 2.05) is 26.0 Å². The summed E-state index contributed by atoms with van der Waals surface area (Å²) in [6, 6.07) is 8.25. The van der Waals surface area contributed by atoms with E-state index in [1.165, 1.54) is 5.56 Å². The average molecular weight is 447 g/mol. The lowest BCUT2D eigenvalue weighted by Crippen LogP contribution is -2.13. The fraction of sp³-hybridized carbons (Fsp3) is 0.630. The lowest BCUT2D eigenvalue weighted by molar-refractivity contribution is -0.147. The minimum Gasteiger partial charge on any atom is -0.463 e. The van der Waals surface area contributed by atoms with Crippen LogP contribution in [0.15, 0.2) is 36.4 Å². The first-order chi connectivity index (χ1) is 14.9. The van der Waals surface area contributed by atoms with Crippen LogP contribution in [0.3, 0.4) is 0 Å². The van der Waals surface area contributed by atoms with E-state index in [4.69, 9.17) is 16.3 Å². The molecule has 1 aliphatic rings. The topological polar surface area (TPSA) is 43.4 Å². The number of benzene rings is 1. The number of allylic oxidation sites excluding steroid dienone is 2. The first kappa shape index (κ1) is 25.6. The molecule has 1 aliphatic carbocycles. The van der Waals surface area contributed by atoms with Crippen molar-refractivity contribution in [3.8, 4) is 0 Å². The molecule has 0 N–H and O–H groups in total. The van der Waals surface area contributed by atoms with E-state index < -0.39 is 0 Å². The number of ether oxygens (including phenoxy) is 1. The van der Waals surface area contributed by atoms with E-state index in [0.29, 0.717) is 24.7 Å². The molecule has 2 rings (SSSR count). The molecule has 1 aromatic rings. The number of hydrogen-bond acceptors (Lipinski definition) is 3. The van der Waals surface area contributed by atoms with Gasteiger partial charge in [-0.3, -0.25) is 9.59 Å². The summed E-state index contributed by atoms with van der Waals surface area (Å²) in [5, 5.41) is 0.186. The van der Waals surface area contributed by atoms with Gasteiger partial charge in [0.2, 0.25) is 0 Å². The van der Waals surface area contributed by atoms with Crippen molar-refractivity contribution in [3.63, 3.8) is 0 Å². The van der Waals surface area contributed by atoms with Crippen molar-refractivity contribution in [2.75, 3.05) is 0 Å². The van der Waals surface area contributed by atoms with Crippen LogP contribution < -0.4 is 0 Å². The van der Waals surface area contributed by atoms with E-state index in [9.17, 15) is 9.59 Å². The Bertz CT molecular complexity index is 708. The standard InChI is InChI=1S/C27H39ClO3/c1-4-5-8-12-26(29)22-16-14-21(15-17-22)23-18-19-25(28)24(23)11-9-6-7-10-13-27(30)31-20(2)3/h6,9,14-17,20,23-25H,4-5,7-8,10-13,18-19H2,1-3H3/b9-6-/t23-,24-,25-/m1/s1. The van der Waals surface area contributed by atoms with Crippen molar-refractivity contribution in [1.82, 2.24) is 0 Å². The Kier molecular flexibility index (Phi) is 11.4. The number of rotatable bonds is 13. The fourth-order valence-corrected chi connectivity index (χ4v) is 4.80. The number of esters is 1. The van der Waals surface area contributed by atoms with E-state index in [0.717, 1.165) is 56.9 Å². The summed E-state index contributed by atoms with van der Waals surface area (Å²) >= 11 is 6.66. The molecule has 1 saturated carbocycles. The molecule has 0 saturated heterocycles. The highest BCUT2D eigenvalue weighted by molar-refractivity contribution is 6.21. The third-order valence-corrected chi connectivity index (χ3v) is 6.64. The van der Waals surface area contributed by atoms with Gasteiger partial charge in [-0.2, -0.15) is 0 Å². The first-order valence-electron chi connectivity index (χ1n) is 12.0. The van der Waals surface area contributed by atoms with Gasteiger partial charge in [-0.05, 0) is 69.8 Å². The highest BCUT2D eigenvalue weighted by Gasteiger charge is 2.34. The molecule has 0 spiro atoms. The Balaban J connectivity index is 1.83. The van der Waals surface area contributed by atoms with Crippen LogP contribution in [0.4, 0.5) is 0 Å². The fourth-order valence-electron chi connectivity index (χ4n) is 4.40. The molecule has 0 amide bonds. The molecule has 0 aliphatic heterocycles. The molecule has 0 unspecified atom stereocenters. The van der Waals surface area contributed by atoms with Crippen LogP contribution in [0.25, 0.3) is 0 Å². The number of alkyl halides is 1. The normalized spacial score (nSPS) is 21.1. The number of hydrogen-bond donors (Lipinski definition) is 0. The molecule has 0 bridgehead atoms. The van der Waals surface area contributed by atoms with E-state index >= 15 is 0 Å². The predicted molar refractivity (Wildman–Crippen MR) is 129 cm³/mol. The largest absolute Gasteiger partial charge is 0.463 e. The van der Waals surface area contributed by atoms with E-state index in [-0.39, 0.29) is 23.2 Å². The second-order valence-electron chi connectivity index (χ2n) is 9.00. The molecule has 0 radical (unpaired) electrons. The molecular formula is C27H39ClO3. The smallest absolute Gasteiger partial charge is 0.306 e. The van der Waals surface area contributed by atoms with E-state index in [1.54, 1.807) is 0 Å². The summed E-state index contributed by atoms with van der Waals surface area (Å²) in [4.78, 5) is 23.9. The van der Waals surface area contributed by atoms with Gasteiger partial charge < -0.3 is 4.74 Å². The van der Waals surface area contributed by atoms with Gasteiger partial charge in [0, 0.05) is 23.8 Å². The van der Waals surface area contributed by atoms with Gasteiger partial charge >= 0.3 is 5.97 Å². The highest BCUT2D eigenvalue weighted by Crippen LogP contribution is 2.44. The van der Waals surface area contributed by atoms with Crippen LogP contribution in [-0.4, -0.2) is 23.2 Å². The average Bonchev–Trinajstić information content (AvgIpc) is 3.10. The molecule has 0 aromatic heterocycles. The lowest BCUT2D eigenvalue weighted by atomic mass is 9.86. The number of unbranched alkanes of at least 4 members (excludes halogenated alkanes) is 3. The Morgan fingerprint density at radius 1 is 1.06 bits per heavy atom. The monoisotopic (exact) mass is 446 g/mol. The van der Waals surface area contributed by atoms with Gasteiger partial charge in [-0.1, -0.05) is 56.2 Å². The van der Waals surface area contributed by atoms with Gasteiger partial charge in [0.05, 0.1) is 6.10 Å². The third-order valence-electron chi connectivity index (χ3n) is 6.10. The Morgan fingerprint density at radius 2 is 1.81 bits per heavy atom. The van der Waals surface area contributed by atoms with Crippen molar-refractivity contribution >= 4 is 23.4 Å². The summed E-state index contributed by atoms with van der Waals surface area (Å²) in [5.74, 6) is 0.984. The summed E-state index contributed by atoms with van der Waals surface area (Å²) in [7, 11) is 0. The zero-order chi connectivity index (χ0) is 22.6. The van der Waals surface area contributed by atoms with Crippen LogP contribution in [0, 0.1) is 5.92 Å². The van der Waals surface area contributed by atoms with Crippen molar-refractivity contribution < 1.29 is 14.3 Å². The predicted octanol–water partition coefficient (Wildman–Crippen LogP) is 7.62. The minimum atomic E-state index is -0.118. The lowest BCUT2D eigenvalue weighted by Gasteiger charge is -2.21. The summed E-state index contributed by atoms with van der Waals surface area (Å²) < 4.78 is 5.16. The second-order valence-corrected chi connectivity index (χ2v) is 9.56. The van der Waals surface area contributed by atoms with Crippen molar-refractivity contribution in [2.45, 2.75) is 102 Å². The maximum absolute atomic E-state index is 12.3. The Hall–Kier alpha value is -1.61. The number of halogens is 1. The third kappa shape index (κ3) is 8.80. The summed E-state index contributed by atoms with van der Waals surface area (Å²) in [6.45, 7) is 5.90. The van der Waals surface area contributed by atoms with Crippen LogP contribution in [-0.2, 0) is 9.53 Å². The number of carbonyl (C=O) groups excluding carboxylic acids is 2. The highest BCUT2D eigenvalue weighted by atomic mass is 35.5. The van der Waals surface area contributed by atoms with Gasteiger partial charge in [-0.25, -0.2) is 0 Å². The maximum Gasteiger partial charge on any atom is 0.306 e. The molecule has 0 heterocycles. The van der Waals surface area contributed by atoms with Gasteiger partial charge in [0.1, 0.15) is 0 Å². The summed E-state index contributed by atoms with van der Waals surface area (Å²) in [5.41, 5.74) is 2.12. The number of carbonyl (C=O) groups is 2. The zero-order valence-corrected chi connectivity index (χ0v) is 20.2. The van der Waals surface area contributed by atoms with E-state index in [2.05, 4.69) is 31.2 Å². The summed E-state index contributed by atoms with van der Waals surface area (Å²) in [6.07, 6.45) is 13.4. The van der Waals surface area contributed by atoms with Crippen molar-refractivity contribution in [2.24, 2.45) is 5.92 Å². The molecule has 1 fully saturated rings. The quantitative estimate of drug-likeness (QED) is 0.103. The molecular weight excluding hydrogens is 408 g/mol. The molecule has 3 nitrogen and oxygen atoms in total. The SMILES string of the molecule is CCCCCC(=O)c1ccc([C@H]2CC[C@@H](Cl)[C@@H]2C/C=C\CCCC(=O)OC(C)C)cc1. The van der Waals surface area contributed by atoms with Gasteiger partial charge in [0.25, 0.3) is 0 Å². The van der Waals surface area contributed by atoms with Crippen LogP contribution in [0.2, 0.25) is 0 Å². The van der Waals surface area contributed by atoms with Crippen LogP contribution in [0.5, 0.6) is 0 Å². The number of ketones is 1. The molecule has 3 atom stereocenters. The first-order valence-corrected chi connectivity index (χ1v) is 12.5. The van der Waals surface area contributed by atoms with Crippen LogP contribution in [0.1, 0.15) is 107 Å². The van der Waals surface area contributed by atoms with Crippen molar-refractivity contribution in [3.05, 3.63) is 47.5 Å².